The molecule has 86 valence electrons. The summed E-state index contributed by atoms with van der Waals surface area (Å²) in [5.74, 6) is -1.31. The summed E-state index contributed by atoms with van der Waals surface area (Å²) in [5, 5.41) is 8.94. The molecule has 17 heavy (non-hydrogen) atoms. The zero-order valence-corrected chi connectivity index (χ0v) is 10.2. The van der Waals surface area contributed by atoms with Crippen molar-refractivity contribution < 1.29 is 14.3 Å². The van der Waals surface area contributed by atoms with E-state index in [1.165, 1.54) is 18.2 Å². The molecule has 0 aromatic heterocycles. The predicted octanol–water partition coefficient (Wildman–Crippen LogP) is 3.95. The largest absolute Gasteiger partial charge is 0.478 e. The Morgan fingerprint density at radius 1 is 1.06 bits per heavy atom. The van der Waals surface area contributed by atoms with Crippen molar-refractivity contribution in [1.29, 1.82) is 0 Å². The van der Waals surface area contributed by atoms with Gasteiger partial charge in [-0.1, -0.05) is 28.1 Å². The van der Waals surface area contributed by atoms with Gasteiger partial charge in [-0.2, -0.15) is 0 Å². The summed E-state index contributed by atoms with van der Waals surface area (Å²) in [4.78, 5) is 10.9. The van der Waals surface area contributed by atoms with Gasteiger partial charge in [0.05, 0.1) is 5.56 Å². The first-order valence-corrected chi connectivity index (χ1v) is 5.65. The summed E-state index contributed by atoms with van der Waals surface area (Å²) in [5.41, 5.74) is 1.70. The van der Waals surface area contributed by atoms with Crippen LogP contribution in [-0.4, -0.2) is 11.1 Å². The van der Waals surface area contributed by atoms with E-state index in [2.05, 4.69) is 15.9 Å². The normalized spacial score (nSPS) is 10.2. The number of carboxylic acid groups (broad SMARTS) is 1. The van der Waals surface area contributed by atoms with Gasteiger partial charge < -0.3 is 5.11 Å². The number of aromatic carboxylic acids is 1. The molecule has 0 aliphatic rings. The molecule has 0 aliphatic carbocycles. The van der Waals surface area contributed by atoms with Gasteiger partial charge in [0, 0.05) is 4.47 Å². The van der Waals surface area contributed by atoms with Gasteiger partial charge >= 0.3 is 5.97 Å². The molecule has 2 aromatic rings. The van der Waals surface area contributed by atoms with Crippen LogP contribution in [0.1, 0.15) is 10.4 Å². The van der Waals surface area contributed by atoms with Gasteiger partial charge in [-0.15, -0.1) is 0 Å². The minimum absolute atomic E-state index is 0.193. The minimum Gasteiger partial charge on any atom is -0.478 e. The van der Waals surface area contributed by atoms with Gasteiger partial charge in [-0.25, -0.2) is 9.18 Å². The fourth-order valence-corrected chi connectivity index (χ4v) is 2.02. The van der Waals surface area contributed by atoms with E-state index in [-0.39, 0.29) is 11.4 Å². The first kappa shape index (κ1) is 11.8. The molecule has 1 N–H and O–H groups in total. The highest BCUT2D eigenvalue weighted by Gasteiger charge is 2.07. The standard InChI is InChI=1S/C13H8BrFO2/c14-11-6-9(5-10(7-11)13(16)17)8-1-3-12(15)4-2-8/h1-7H,(H,16,17). The van der Waals surface area contributed by atoms with Crippen LogP contribution < -0.4 is 0 Å². The number of carbonyl (C=O) groups is 1. The highest BCUT2D eigenvalue weighted by atomic mass is 79.9. The average Bonchev–Trinajstić information content (AvgIpc) is 2.29. The van der Waals surface area contributed by atoms with Crippen LogP contribution in [0.15, 0.2) is 46.9 Å². The van der Waals surface area contributed by atoms with Crippen LogP contribution in [-0.2, 0) is 0 Å². The minimum atomic E-state index is -0.991. The van der Waals surface area contributed by atoms with Crippen LogP contribution in [0.3, 0.4) is 0 Å². The highest BCUT2D eigenvalue weighted by molar-refractivity contribution is 9.10. The molecule has 0 saturated carbocycles. The molecule has 2 aromatic carbocycles. The predicted molar refractivity (Wildman–Crippen MR) is 66.5 cm³/mol. The van der Waals surface area contributed by atoms with E-state index in [1.54, 1.807) is 24.3 Å². The maximum absolute atomic E-state index is 12.8. The molecule has 0 unspecified atom stereocenters. The first-order valence-electron chi connectivity index (χ1n) is 4.86. The Balaban J connectivity index is 2.51. The summed E-state index contributed by atoms with van der Waals surface area (Å²) in [7, 11) is 0. The average molecular weight is 295 g/mol. The number of carboxylic acids is 1. The van der Waals surface area contributed by atoms with Crippen LogP contribution in [0, 0.1) is 5.82 Å². The van der Waals surface area contributed by atoms with Crippen molar-refractivity contribution in [2.75, 3.05) is 0 Å². The first-order chi connectivity index (χ1) is 8.06. The zero-order chi connectivity index (χ0) is 12.4. The van der Waals surface area contributed by atoms with E-state index in [0.29, 0.717) is 4.47 Å². The Hall–Kier alpha value is -1.68. The topological polar surface area (TPSA) is 37.3 Å². The zero-order valence-electron chi connectivity index (χ0n) is 8.65. The van der Waals surface area contributed by atoms with Crippen molar-refractivity contribution in [2.45, 2.75) is 0 Å². The highest BCUT2D eigenvalue weighted by Crippen LogP contribution is 2.25. The van der Waals surface area contributed by atoms with Gasteiger partial charge in [-0.05, 0) is 41.5 Å². The van der Waals surface area contributed by atoms with Gasteiger partial charge in [-0.3, -0.25) is 0 Å². The Bertz CT molecular complexity index is 564. The van der Waals surface area contributed by atoms with Crippen molar-refractivity contribution in [3.63, 3.8) is 0 Å². The molecule has 0 radical (unpaired) electrons. The Morgan fingerprint density at radius 3 is 2.29 bits per heavy atom. The molecule has 0 bridgehead atoms. The summed E-state index contributed by atoms with van der Waals surface area (Å²) < 4.78 is 13.5. The lowest BCUT2D eigenvalue weighted by Gasteiger charge is -2.04. The van der Waals surface area contributed by atoms with E-state index in [1.807, 2.05) is 0 Å². The molecule has 0 fully saturated rings. The fraction of sp³-hybridized carbons (Fsp3) is 0. The monoisotopic (exact) mass is 294 g/mol. The third kappa shape index (κ3) is 2.71. The number of rotatable bonds is 2. The van der Waals surface area contributed by atoms with Crippen molar-refractivity contribution in [2.24, 2.45) is 0 Å². The Kier molecular flexibility index (Phi) is 3.24. The van der Waals surface area contributed by atoms with Gasteiger partial charge in [0.15, 0.2) is 0 Å². The molecule has 2 rings (SSSR count). The smallest absolute Gasteiger partial charge is 0.335 e. The third-order valence-electron chi connectivity index (χ3n) is 2.32. The molecule has 2 nitrogen and oxygen atoms in total. The van der Waals surface area contributed by atoms with Crippen LogP contribution >= 0.6 is 15.9 Å². The lowest BCUT2D eigenvalue weighted by molar-refractivity contribution is 0.0697. The van der Waals surface area contributed by atoms with Crippen molar-refractivity contribution in [3.8, 4) is 11.1 Å². The van der Waals surface area contributed by atoms with E-state index < -0.39 is 5.97 Å². The van der Waals surface area contributed by atoms with E-state index in [0.717, 1.165) is 11.1 Å². The number of hydrogen-bond acceptors (Lipinski definition) is 1. The van der Waals surface area contributed by atoms with E-state index >= 15 is 0 Å². The maximum atomic E-state index is 12.8. The quantitative estimate of drug-likeness (QED) is 0.910. The molecule has 0 spiro atoms. The second-order valence-electron chi connectivity index (χ2n) is 3.54. The molecule has 0 heterocycles. The second-order valence-corrected chi connectivity index (χ2v) is 4.46. The second kappa shape index (κ2) is 4.67. The van der Waals surface area contributed by atoms with Crippen molar-refractivity contribution >= 4 is 21.9 Å². The number of hydrogen-bond donors (Lipinski definition) is 1. The van der Waals surface area contributed by atoms with Crippen LogP contribution in [0.2, 0.25) is 0 Å². The molecule has 0 amide bonds. The van der Waals surface area contributed by atoms with Crippen LogP contribution in [0.5, 0.6) is 0 Å². The van der Waals surface area contributed by atoms with Crippen molar-refractivity contribution in [1.82, 2.24) is 0 Å². The molecule has 0 saturated heterocycles. The number of benzene rings is 2. The Labute approximate surface area is 106 Å². The lowest BCUT2D eigenvalue weighted by Crippen LogP contribution is -1.96. The summed E-state index contributed by atoms with van der Waals surface area (Å²) in [6.07, 6.45) is 0. The van der Waals surface area contributed by atoms with Gasteiger partial charge in [0.25, 0.3) is 0 Å². The molecular formula is C13H8BrFO2. The molecular weight excluding hydrogens is 287 g/mol. The van der Waals surface area contributed by atoms with Crippen LogP contribution in [0.25, 0.3) is 11.1 Å². The van der Waals surface area contributed by atoms with E-state index in [9.17, 15) is 9.18 Å². The van der Waals surface area contributed by atoms with Crippen LogP contribution in [0.4, 0.5) is 4.39 Å². The van der Waals surface area contributed by atoms with E-state index in [4.69, 9.17) is 5.11 Å². The lowest BCUT2D eigenvalue weighted by atomic mass is 10.0. The summed E-state index contributed by atoms with van der Waals surface area (Å²) in [6.45, 7) is 0. The summed E-state index contributed by atoms with van der Waals surface area (Å²) in [6, 6.07) is 10.8. The third-order valence-corrected chi connectivity index (χ3v) is 2.78. The fourth-order valence-electron chi connectivity index (χ4n) is 1.52. The number of halogens is 2. The molecule has 0 atom stereocenters. The Morgan fingerprint density at radius 2 is 1.71 bits per heavy atom. The summed E-state index contributed by atoms with van der Waals surface area (Å²) >= 11 is 3.26. The molecule has 4 heteroatoms. The maximum Gasteiger partial charge on any atom is 0.335 e. The SMILES string of the molecule is O=C(O)c1cc(Br)cc(-c2ccc(F)cc2)c1. The van der Waals surface area contributed by atoms with Gasteiger partial charge in [0.1, 0.15) is 5.82 Å². The van der Waals surface area contributed by atoms with Crippen molar-refractivity contribution in [3.05, 3.63) is 58.3 Å². The molecule has 0 aliphatic heterocycles. The van der Waals surface area contributed by atoms with Gasteiger partial charge in [0.2, 0.25) is 0 Å².